The summed E-state index contributed by atoms with van der Waals surface area (Å²) in [5, 5.41) is 3.33. The molecule has 1 aromatic carbocycles. The molecule has 2 nitrogen and oxygen atoms in total. The Morgan fingerprint density at radius 1 is 1.35 bits per heavy atom. The van der Waals surface area contributed by atoms with Gasteiger partial charge in [0, 0.05) is 12.1 Å². The van der Waals surface area contributed by atoms with Gasteiger partial charge in [-0.3, -0.25) is 0 Å². The van der Waals surface area contributed by atoms with Crippen molar-refractivity contribution in [3.8, 4) is 0 Å². The lowest BCUT2D eigenvalue weighted by Gasteiger charge is -2.40. The van der Waals surface area contributed by atoms with Gasteiger partial charge in [-0.25, -0.2) is 4.39 Å². The van der Waals surface area contributed by atoms with Gasteiger partial charge in [0.2, 0.25) is 0 Å². The smallest absolute Gasteiger partial charge is 0.146 e. The maximum Gasteiger partial charge on any atom is 0.146 e. The first-order valence-electron chi connectivity index (χ1n) is 6.38. The number of rotatable bonds is 3. The van der Waals surface area contributed by atoms with Crippen LogP contribution in [0.2, 0.25) is 0 Å². The number of anilines is 1. The molecule has 0 unspecified atom stereocenters. The largest absolute Gasteiger partial charge is 0.376 e. The SMILES string of the molecule is CC1CCC(CN)(Nc2ccccc2F)CC1. The minimum absolute atomic E-state index is 0.116. The van der Waals surface area contributed by atoms with Crippen LogP contribution in [0, 0.1) is 11.7 Å². The first kappa shape index (κ1) is 12.4. The fraction of sp³-hybridized carbons (Fsp3) is 0.571. The highest BCUT2D eigenvalue weighted by Gasteiger charge is 2.33. The average Bonchev–Trinajstić information content (AvgIpc) is 2.35. The highest BCUT2D eigenvalue weighted by molar-refractivity contribution is 5.47. The van der Waals surface area contributed by atoms with E-state index in [2.05, 4.69) is 12.2 Å². The molecule has 0 aromatic heterocycles. The molecular weight excluding hydrogens is 215 g/mol. The van der Waals surface area contributed by atoms with Crippen molar-refractivity contribution in [3.05, 3.63) is 30.1 Å². The average molecular weight is 236 g/mol. The van der Waals surface area contributed by atoms with Crippen LogP contribution in [0.1, 0.15) is 32.6 Å². The number of para-hydroxylation sites is 1. The van der Waals surface area contributed by atoms with Crippen LogP contribution in [0.3, 0.4) is 0 Å². The Bertz CT molecular complexity index is 370. The van der Waals surface area contributed by atoms with E-state index in [0.29, 0.717) is 12.2 Å². The molecule has 1 fully saturated rings. The second kappa shape index (κ2) is 5.05. The maximum absolute atomic E-state index is 13.6. The van der Waals surface area contributed by atoms with Gasteiger partial charge in [0.05, 0.1) is 5.69 Å². The predicted molar refractivity (Wildman–Crippen MR) is 69.4 cm³/mol. The second-order valence-electron chi connectivity index (χ2n) is 5.27. The van der Waals surface area contributed by atoms with E-state index in [9.17, 15) is 4.39 Å². The van der Waals surface area contributed by atoms with Gasteiger partial charge in [0.25, 0.3) is 0 Å². The maximum atomic E-state index is 13.6. The van der Waals surface area contributed by atoms with Crippen molar-refractivity contribution in [1.82, 2.24) is 0 Å². The van der Waals surface area contributed by atoms with Crippen molar-refractivity contribution < 1.29 is 4.39 Å². The summed E-state index contributed by atoms with van der Waals surface area (Å²) in [6.07, 6.45) is 4.38. The molecule has 94 valence electrons. The third-order valence-corrected chi connectivity index (χ3v) is 3.90. The van der Waals surface area contributed by atoms with E-state index in [1.807, 2.05) is 6.07 Å². The minimum atomic E-state index is -0.195. The lowest BCUT2D eigenvalue weighted by atomic mass is 9.77. The first-order valence-corrected chi connectivity index (χ1v) is 6.38. The van der Waals surface area contributed by atoms with Gasteiger partial charge in [0.15, 0.2) is 0 Å². The highest BCUT2D eigenvalue weighted by Crippen LogP contribution is 2.34. The normalized spacial score (nSPS) is 29.0. The van der Waals surface area contributed by atoms with Gasteiger partial charge >= 0.3 is 0 Å². The predicted octanol–water partition coefficient (Wildman–Crippen LogP) is 3.15. The van der Waals surface area contributed by atoms with Gasteiger partial charge in [0.1, 0.15) is 5.82 Å². The number of benzene rings is 1. The summed E-state index contributed by atoms with van der Waals surface area (Å²) in [6.45, 7) is 2.83. The molecule has 0 bridgehead atoms. The molecular formula is C14H21FN2. The van der Waals surface area contributed by atoms with Crippen molar-refractivity contribution in [3.63, 3.8) is 0 Å². The molecule has 3 N–H and O–H groups in total. The van der Waals surface area contributed by atoms with E-state index < -0.39 is 0 Å². The van der Waals surface area contributed by atoms with Crippen LogP contribution in [0.4, 0.5) is 10.1 Å². The minimum Gasteiger partial charge on any atom is -0.376 e. The van der Waals surface area contributed by atoms with Crippen molar-refractivity contribution >= 4 is 5.69 Å². The van der Waals surface area contributed by atoms with Gasteiger partial charge in [-0.1, -0.05) is 19.1 Å². The zero-order valence-corrected chi connectivity index (χ0v) is 10.4. The molecule has 0 heterocycles. The van der Waals surface area contributed by atoms with Crippen LogP contribution in [-0.4, -0.2) is 12.1 Å². The van der Waals surface area contributed by atoms with Gasteiger partial charge in [-0.15, -0.1) is 0 Å². The van der Waals surface area contributed by atoms with E-state index in [-0.39, 0.29) is 11.4 Å². The summed E-state index contributed by atoms with van der Waals surface area (Å²) in [7, 11) is 0. The topological polar surface area (TPSA) is 38.0 Å². The Morgan fingerprint density at radius 3 is 2.59 bits per heavy atom. The Kier molecular flexibility index (Phi) is 3.67. The highest BCUT2D eigenvalue weighted by atomic mass is 19.1. The van der Waals surface area contributed by atoms with Crippen LogP contribution in [0.15, 0.2) is 24.3 Å². The van der Waals surface area contributed by atoms with E-state index in [0.717, 1.165) is 18.8 Å². The standard InChI is InChI=1S/C14H21FN2/c1-11-6-8-14(10-16,9-7-11)17-13-5-3-2-4-12(13)15/h2-5,11,17H,6-10,16H2,1H3. The van der Waals surface area contributed by atoms with Crippen molar-refractivity contribution in [2.75, 3.05) is 11.9 Å². The zero-order chi connectivity index (χ0) is 12.3. The molecule has 1 saturated carbocycles. The molecule has 3 heteroatoms. The molecule has 0 aliphatic heterocycles. The van der Waals surface area contributed by atoms with E-state index in [1.165, 1.54) is 18.9 Å². The van der Waals surface area contributed by atoms with Crippen molar-refractivity contribution in [1.29, 1.82) is 0 Å². The quantitative estimate of drug-likeness (QED) is 0.846. The van der Waals surface area contributed by atoms with Crippen LogP contribution < -0.4 is 11.1 Å². The summed E-state index contributed by atoms with van der Waals surface area (Å²) < 4.78 is 13.6. The third kappa shape index (κ3) is 2.78. The number of halogens is 1. The molecule has 2 rings (SSSR count). The number of hydrogen-bond donors (Lipinski definition) is 2. The number of nitrogens with two attached hydrogens (primary N) is 1. The molecule has 1 aliphatic rings. The lowest BCUT2D eigenvalue weighted by Crippen LogP contribution is -2.48. The molecule has 0 atom stereocenters. The van der Waals surface area contributed by atoms with Crippen molar-refractivity contribution in [2.45, 2.75) is 38.1 Å². The second-order valence-corrected chi connectivity index (χ2v) is 5.27. The molecule has 1 aliphatic carbocycles. The van der Waals surface area contributed by atoms with Gasteiger partial charge in [-0.05, 0) is 43.7 Å². The van der Waals surface area contributed by atoms with E-state index >= 15 is 0 Å². The summed E-state index contributed by atoms with van der Waals surface area (Å²) in [5.41, 5.74) is 6.36. The summed E-state index contributed by atoms with van der Waals surface area (Å²) in [4.78, 5) is 0. The van der Waals surface area contributed by atoms with Crippen LogP contribution in [0.5, 0.6) is 0 Å². The summed E-state index contributed by atoms with van der Waals surface area (Å²) in [5.74, 6) is 0.566. The Labute approximate surface area is 102 Å². The summed E-state index contributed by atoms with van der Waals surface area (Å²) >= 11 is 0. The fourth-order valence-electron chi connectivity index (χ4n) is 2.54. The van der Waals surface area contributed by atoms with Crippen LogP contribution >= 0.6 is 0 Å². The molecule has 1 aromatic rings. The first-order chi connectivity index (χ1) is 8.15. The molecule has 0 amide bonds. The Morgan fingerprint density at radius 2 is 2.00 bits per heavy atom. The van der Waals surface area contributed by atoms with E-state index in [1.54, 1.807) is 12.1 Å². The fourth-order valence-corrected chi connectivity index (χ4v) is 2.54. The number of nitrogens with one attached hydrogen (secondary N) is 1. The lowest BCUT2D eigenvalue weighted by molar-refractivity contribution is 0.271. The third-order valence-electron chi connectivity index (χ3n) is 3.90. The molecule has 0 spiro atoms. The molecule has 0 saturated heterocycles. The number of hydrogen-bond acceptors (Lipinski definition) is 2. The Hall–Kier alpha value is -1.09. The van der Waals surface area contributed by atoms with Gasteiger partial charge < -0.3 is 11.1 Å². The summed E-state index contributed by atoms with van der Waals surface area (Å²) in [6, 6.07) is 6.82. The monoisotopic (exact) mass is 236 g/mol. The zero-order valence-electron chi connectivity index (χ0n) is 10.4. The van der Waals surface area contributed by atoms with Crippen LogP contribution in [-0.2, 0) is 0 Å². The Balaban J connectivity index is 2.12. The van der Waals surface area contributed by atoms with Crippen molar-refractivity contribution in [2.24, 2.45) is 11.7 Å². The van der Waals surface area contributed by atoms with Crippen LogP contribution in [0.25, 0.3) is 0 Å². The van der Waals surface area contributed by atoms with Gasteiger partial charge in [-0.2, -0.15) is 0 Å². The molecule has 0 radical (unpaired) electrons. The molecule has 17 heavy (non-hydrogen) atoms. The van der Waals surface area contributed by atoms with E-state index in [4.69, 9.17) is 5.73 Å².